The summed E-state index contributed by atoms with van der Waals surface area (Å²) in [5, 5.41) is 8.09. The van der Waals surface area contributed by atoms with Crippen LogP contribution in [0.4, 0.5) is 4.79 Å². The fraction of sp³-hybridized carbons (Fsp3) is 0.833. The molecule has 0 bridgehead atoms. The van der Waals surface area contributed by atoms with Crippen LogP contribution in [0, 0.1) is 5.92 Å². The van der Waals surface area contributed by atoms with E-state index < -0.39 is 6.16 Å². The highest BCUT2D eigenvalue weighted by atomic mass is 35.5. The molecule has 0 rings (SSSR count). The minimum Gasteiger partial charge on any atom is -0.450 e. The third kappa shape index (κ3) is 4.44. The van der Waals surface area contributed by atoms with Crippen LogP contribution in [0.3, 0.4) is 0 Å². The van der Waals surface area contributed by atoms with E-state index in [0.29, 0.717) is 5.88 Å². The van der Waals surface area contributed by atoms with E-state index in [-0.39, 0.29) is 12.5 Å². The molecule has 0 aliphatic rings. The quantitative estimate of drug-likeness (QED) is 0.513. The van der Waals surface area contributed by atoms with Crippen LogP contribution in [0.15, 0.2) is 0 Å². The molecular weight excluding hydrogens is 156 g/mol. The Morgan fingerprint density at radius 1 is 1.80 bits per heavy atom. The fourth-order valence-corrected chi connectivity index (χ4v) is 0.768. The molecule has 0 aromatic carbocycles. The molecule has 0 aliphatic heterocycles. The molecular formula is C6H11ClO3. The second kappa shape index (κ2) is 5.35. The van der Waals surface area contributed by atoms with Gasteiger partial charge in [0, 0.05) is 11.8 Å². The van der Waals surface area contributed by atoms with Gasteiger partial charge in [-0.2, -0.15) is 0 Å². The summed E-state index contributed by atoms with van der Waals surface area (Å²) >= 11 is 5.48. The van der Waals surface area contributed by atoms with Crippen molar-refractivity contribution >= 4 is 17.8 Å². The van der Waals surface area contributed by atoms with Crippen LogP contribution >= 0.6 is 11.6 Å². The molecule has 4 heteroatoms. The molecule has 0 heterocycles. The Morgan fingerprint density at radius 3 is 2.70 bits per heavy atom. The molecule has 1 N–H and O–H groups in total. The van der Waals surface area contributed by atoms with Gasteiger partial charge >= 0.3 is 6.16 Å². The van der Waals surface area contributed by atoms with Gasteiger partial charge in [0.05, 0.1) is 6.61 Å². The van der Waals surface area contributed by atoms with E-state index in [1.807, 2.05) is 6.92 Å². The first-order valence-electron chi connectivity index (χ1n) is 3.12. The summed E-state index contributed by atoms with van der Waals surface area (Å²) < 4.78 is 4.32. The summed E-state index contributed by atoms with van der Waals surface area (Å²) in [6.45, 7) is 2.15. The maximum Gasteiger partial charge on any atom is 0.505 e. The molecule has 0 saturated carbocycles. The van der Waals surface area contributed by atoms with Gasteiger partial charge in [-0.05, 0) is 6.42 Å². The molecule has 60 valence electrons. The van der Waals surface area contributed by atoms with Crippen LogP contribution in [0.5, 0.6) is 0 Å². The van der Waals surface area contributed by atoms with Gasteiger partial charge in [0.2, 0.25) is 0 Å². The van der Waals surface area contributed by atoms with Crippen molar-refractivity contribution in [2.75, 3.05) is 12.5 Å². The van der Waals surface area contributed by atoms with Crippen LogP contribution in [-0.4, -0.2) is 23.7 Å². The van der Waals surface area contributed by atoms with Gasteiger partial charge in [-0.1, -0.05) is 6.92 Å². The summed E-state index contributed by atoms with van der Waals surface area (Å²) in [5.41, 5.74) is 0. The third-order valence-electron chi connectivity index (χ3n) is 1.24. The maximum absolute atomic E-state index is 9.87. The van der Waals surface area contributed by atoms with Crippen LogP contribution in [0.2, 0.25) is 0 Å². The van der Waals surface area contributed by atoms with Crippen LogP contribution in [0.25, 0.3) is 0 Å². The van der Waals surface area contributed by atoms with E-state index in [4.69, 9.17) is 16.7 Å². The Balaban J connectivity index is 3.34. The fourth-order valence-electron chi connectivity index (χ4n) is 0.461. The summed E-state index contributed by atoms with van der Waals surface area (Å²) in [7, 11) is 0. The number of hydrogen-bond acceptors (Lipinski definition) is 2. The number of carboxylic acid groups (broad SMARTS) is 1. The number of halogens is 1. The predicted molar refractivity (Wildman–Crippen MR) is 38.5 cm³/mol. The minimum atomic E-state index is -1.23. The molecule has 10 heavy (non-hydrogen) atoms. The lowest BCUT2D eigenvalue weighted by atomic mass is 10.1. The first-order chi connectivity index (χ1) is 4.70. The van der Waals surface area contributed by atoms with Crippen molar-refractivity contribution in [2.45, 2.75) is 13.3 Å². The van der Waals surface area contributed by atoms with E-state index in [9.17, 15) is 4.79 Å². The molecule has 3 nitrogen and oxygen atoms in total. The number of alkyl halides is 1. The number of hydrogen-bond donors (Lipinski definition) is 1. The van der Waals surface area contributed by atoms with E-state index >= 15 is 0 Å². The van der Waals surface area contributed by atoms with E-state index in [2.05, 4.69) is 4.74 Å². The molecule has 0 aromatic heterocycles. The van der Waals surface area contributed by atoms with Gasteiger partial charge in [0.25, 0.3) is 0 Å². The largest absolute Gasteiger partial charge is 0.505 e. The number of rotatable bonds is 4. The zero-order valence-electron chi connectivity index (χ0n) is 5.84. The molecule has 0 aliphatic carbocycles. The molecule has 1 unspecified atom stereocenters. The van der Waals surface area contributed by atoms with Gasteiger partial charge in [-0.15, -0.1) is 11.6 Å². The van der Waals surface area contributed by atoms with Crippen LogP contribution in [-0.2, 0) is 4.74 Å². The van der Waals surface area contributed by atoms with Gasteiger partial charge in [-0.3, -0.25) is 0 Å². The highest BCUT2D eigenvalue weighted by Crippen LogP contribution is 2.04. The second-order valence-electron chi connectivity index (χ2n) is 2.01. The Hall–Kier alpha value is -0.440. The van der Waals surface area contributed by atoms with Crippen molar-refractivity contribution in [3.63, 3.8) is 0 Å². The van der Waals surface area contributed by atoms with E-state index in [1.165, 1.54) is 0 Å². The highest BCUT2D eigenvalue weighted by Gasteiger charge is 2.06. The lowest BCUT2D eigenvalue weighted by molar-refractivity contribution is 0.0792. The number of ether oxygens (including phenoxy) is 1. The molecule has 0 radical (unpaired) electrons. The van der Waals surface area contributed by atoms with Crippen molar-refractivity contribution < 1.29 is 14.6 Å². The Labute approximate surface area is 64.9 Å². The topological polar surface area (TPSA) is 46.5 Å². The Kier molecular flexibility index (Phi) is 5.12. The summed E-state index contributed by atoms with van der Waals surface area (Å²) in [5.74, 6) is 0.599. The van der Waals surface area contributed by atoms with Crippen LogP contribution < -0.4 is 0 Å². The molecule has 1 atom stereocenters. The van der Waals surface area contributed by atoms with Gasteiger partial charge in [0.1, 0.15) is 0 Å². The zero-order valence-corrected chi connectivity index (χ0v) is 6.60. The summed E-state index contributed by atoms with van der Waals surface area (Å²) in [6.07, 6.45) is -0.389. The SMILES string of the molecule is CCC(CCl)COC(=O)O. The smallest absolute Gasteiger partial charge is 0.450 e. The first-order valence-corrected chi connectivity index (χ1v) is 3.65. The monoisotopic (exact) mass is 166 g/mol. The standard InChI is InChI=1S/C6H11ClO3/c1-2-5(3-7)4-10-6(8)9/h5H,2-4H2,1H3,(H,8,9). The normalized spacial score (nSPS) is 12.6. The van der Waals surface area contributed by atoms with Crippen molar-refractivity contribution in [3.05, 3.63) is 0 Å². The van der Waals surface area contributed by atoms with Crippen molar-refractivity contribution in [1.29, 1.82) is 0 Å². The molecule has 0 spiro atoms. The highest BCUT2D eigenvalue weighted by molar-refractivity contribution is 6.18. The first kappa shape index (κ1) is 9.56. The summed E-state index contributed by atoms with van der Waals surface area (Å²) in [6, 6.07) is 0. The van der Waals surface area contributed by atoms with Gasteiger partial charge in [-0.25, -0.2) is 4.79 Å². The maximum atomic E-state index is 9.87. The van der Waals surface area contributed by atoms with Gasteiger partial charge in [0.15, 0.2) is 0 Å². The average Bonchev–Trinajstić information content (AvgIpc) is 1.90. The van der Waals surface area contributed by atoms with Crippen molar-refractivity contribution in [1.82, 2.24) is 0 Å². The zero-order chi connectivity index (χ0) is 7.98. The molecule has 0 amide bonds. The van der Waals surface area contributed by atoms with Crippen molar-refractivity contribution in [3.8, 4) is 0 Å². The van der Waals surface area contributed by atoms with E-state index in [0.717, 1.165) is 6.42 Å². The molecule has 0 aromatic rings. The number of carbonyl (C=O) groups is 1. The average molecular weight is 167 g/mol. The van der Waals surface area contributed by atoms with Crippen LogP contribution in [0.1, 0.15) is 13.3 Å². The van der Waals surface area contributed by atoms with E-state index in [1.54, 1.807) is 0 Å². The lowest BCUT2D eigenvalue weighted by Crippen LogP contribution is -2.13. The Morgan fingerprint density at radius 2 is 2.40 bits per heavy atom. The second-order valence-corrected chi connectivity index (χ2v) is 2.31. The Bertz CT molecular complexity index is 101. The lowest BCUT2D eigenvalue weighted by Gasteiger charge is -2.08. The van der Waals surface area contributed by atoms with Gasteiger partial charge < -0.3 is 9.84 Å². The minimum absolute atomic E-state index is 0.151. The molecule has 0 saturated heterocycles. The third-order valence-corrected chi connectivity index (χ3v) is 1.67. The summed E-state index contributed by atoms with van der Waals surface area (Å²) in [4.78, 5) is 9.87. The van der Waals surface area contributed by atoms with Crippen molar-refractivity contribution in [2.24, 2.45) is 5.92 Å². The molecule has 0 fully saturated rings. The predicted octanol–water partition coefficient (Wildman–Crippen LogP) is 1.95.